The van der Waals surface area contributed by atoms with Crippen LogP contribution in [-0.4, -0.2) is 73.2 Å². The molecule has 1 fully saturated rings. The van der Waals surface area contributed by atoms with Gasteiger partial charge in [0.25, 0.3) is 0 Å². The van der Waals surface area contributed by atoms with Crippen molar-refractivity contribution in [3.63, 3.8) is 0 Å². The molecule has 1 aliphatic heterocycles. The average molecular weight is 326 g/mol. The van der Waals surface area contributed by atoms with Gasteiger partial charge < -0.3 is 35.4 Å². The molecule has 2 rings (SSSR count). The van der Waals surface area contributed by atoms with Gasteiger partial charge in [-0.3, -0.25) is 4.79 Å². The first-order chi connectivity index (χ1) is 10.8. The summed E-state index contributed by atoms with van der Waals surface area (Å²) >= 11 is 0. The molecule has 1 aliphatic rings. The minimum absolute atomic E-state index is 0.0637. The minimum atomic E-state index is -1.84. The van der Waals surface area contributed by atoms with Crippen LogP contribution in [0.4, 0.5) is 0 Å². The van der Waals surface area contributed by atoms with Crippen molar-refractivity contribution in [3.05, 3.63) is 35.9 Å². The van der Waals surface area contributed by atoms with Crippen molar-refractivity contribution in [2.75, 3.05) is 0 Å². The van der Waals surface area contributed by atoms with E-state index in [9.17, 15) is 30.3 Å². The zero-order chi connectivity index (χ0) is 17.1. The molecule has 0 saturated carbocycles. The van der Waals surface area contributed by atoms with E-state index >= 15 is 0 Å². The number of carbonyl (C=O) groups is 1. The molecule has 8 heteroatoms. The number of carbonyl (C=O) groups excluding carboxylic acids is 1. The molecular formula is C15H18O8. The first-order valence-electron chi connectivity index (χ1n) is 6.88. The molecule has 0 radical (unpaired) electrons. The molecular weight excluding hydrogens is 308 g/mol. The molecule has 0 aromatic heterocycles. The van der Waals surface area contributed by atoms with Gasteiger partial charge in [0.15, 0.2) is 12.1 Å². The van der Waals surface area contributed by atoms with Gasteiger partial charge in [0.2, 0.25) is 0 Å². The van der Waals surface area contributed by atoms with Gasteiger partial charge in [0.05, 0.1) is 0 Å². The van der Waals surface area contributed by atoms with E-state index in [0.717, 1.165) is 6.08 Å². The largest absolute Gasteiger partial charge is 0.508 e. The van der Waals surface area contributed by atoms with Crippen molar-refractivity contribution in [1.29, 1.82) is 0 Å². The number of hydrogen-bond acceptors (Lipinski definition) is 8. The molecule has 6 N–H and O–H groups in total. The van der Waals surface area contributed by atoms with Crippen molar-refractivity contribution in [2.45, 2.75) is 36.8 Å². The Kier molecular flexibility index (Phi) is 5.47. The number of hydrogen-bond donors (Lipinski definition) is 6. The van der Waals surface area contributed by atoms with Gasteiger partial charge in [-0.15, -0.1) is 0 Å². The van der Waals surface area contributed by atoms with Crippen molar-refractivity contribution >= 4 is 11.9 Å². The number of aromatic hydroxyl groups is 1. The lowest BCUT2D eigenvalue weighted by Gasteiger charge is -2.39. The minimum Gasteiger partial charge on any atom is -0.508 e. The molecule has 1 aromatic carbocycles. The fourth-order valence-corrected chi connectivity index (χ4v) is 2.17. The molecule has 23 heavy (non-hydrogen) atoms. The maximum atomic E-state index is 11.9. The van der Waals surface area contributed by atoms with E-state index in [0.29, 0.717) is 5.56 Å². The molecule has 1 heterocycles. The van der Waals surface area contributed by atoms with Crippen molar-refractivity contribution < 1.29 is 40.2 Å². The predicted molar refractivity (Wildman–Crippen MR) is 77.1 cm³/mol. The Hall–Kier alpha value is -1.81. The van der Waals surface area contributed by atoms with Gasteiger partial charge in [-0.2, -0.15) is 0 Å². The number of rotatable bonds is 4. The van der Waals surface area contributed by atoms with Crippen LogP contribution in [0.1, 0.15) is 5.56 Å². The summed E-state index contributed by atoms with van der Waals surface area (Å²) in [7, 11) is 0. The Balaban J connectivity index is 2.05. The monoisotopic (exact) mass is 326 g/mol. The fourth-order valence-electron chi connectivity index (χ4n) is 2.17. The van der Waals surface area contributed by atoms with Gasteiger partial charge >= 0.3 is 0 Å². The van der Waals surface area contributed by atoms with E-state index in [-0.39, 0.29) is 5.75 Å². The van der Waals surface area contributed by atoms with Crippen LogP contribution >= 0.6 is 0 Å². The lowest BCUT2D eigenvalue weighted by atomic mass is 9.93. The van der Waals surface area contributed by atoms with Gasteiger partial charge in [-0.1, -0.05) is 18.2 Å². The third kappa shape index (κ3) is 3.94. The van der Waals surface area contributed by atoms with Crippen LogP contribution in [0.15, 0.2) is 30.3 Å². The number of benzene rings is 1. The SMILES string of the molecule is O=C(/C=C/c1ccc(O)cc1)C(O)[C@H]1O[C@@H](O)[C@H](O)[C@@H](O)[C@@H]1O. The number of ketones is 1. The first-order valence-corrected chi connectivity index (χ1v) is 6.88. The zero-order valence-electron chi connectivity index (χ0n) is 11.9. The molecule has 6 atom stereocenters. The summed E-state index contributed by atoms with van der Waals surface area (Å²) in [4.78, 5) is 11.9. The van der Waals surface area contributed by atoms with Crippen LogP contribution < -0.4 is 0 Å². The smallest absolute Gasteiger partial charge is 0.186 e. The lowest BCUT2D eigenvalue weighted by molar-refractivity contribution is -0.293. The Bertz CT molecular complexity index is 569. The molecule has 1 unspecified atom stereocenters. The second-order valence-electron chi connectivity index (χ2n) is 5.24. The summed E-state index contributed by atoms with van der Waals surface area (Å²) < 4.78 is 4.79. The van der Waals surface area contributed by atoms with E-state index in [1.165, 1.54) is 18.2 Å². The van der Waals surface area contributed by atoms with E-state index in [4.69, 9.17) is 9.84 Å². The van der Waals surface area contributed by atoms with Crippen molar-refractivity contribution in [1.82, 2.24) is 0 Å². The normalized spacial score (nSPS) is 32.8. The highest BCUT2D eigenvalue weighted by Gasteiger charge is 2.47. The molecule has 0 aliphatic carbocycles. The van der Waals surface area contributed by atoms with Gasteiger partial charge in [0.1, 0.15) is 36.3 Å². The van der Waals surface area contributed by atoms with Crippen LogP contribution in [0.3, 0.4) is 0 Å². The standard InChI is InChI=1S/C15H18O8/c16-8-4-1-7(2-5-8)3-6-9(17)10(18)14-12(20)11(19)13(21)15(22)23-14/h1-6,10-16,18-22H/b6-3+/t10?,11-,12-,13+,14+,15+/m0/s1. The second-order valence-corrected chi connectivity index (χ2v) is 5.24. The number of phenolic OH excluding ortho intramolecular Hbond substituents is 1. The topological polar surface area (TPSA) is 148 Å². The molecule has 126 valence electrons. The van der Waals surface area contributed by atoms with E-state index in [2.05, 4.69) is 0 Å². The van der Waals surface area contributed by atoms with Crippen LogP contribution in [0.5, 0.6) is 5.75 Å². The predicted octanol–water partition coefficient (Wildman–Crippen LogP) is -1.86. The Morgan fingerprint density at radius 3 is 2.26 bits per heavy atom. The quantitative estimate of drug-likeness (QED) is 0.353. The maximum Gasteiger partial charge on any atom is 0.186 e. The van der Waals surface area contributed by atoms with Crippen LogP contribution in [0.2, 0.25) is 0 Å². The third-order valence-electron chi connectivity index (χ3n) is 3.56. The highest BCUT2D eigenvalue weighted by molar-refractivity contribution is 5.97. The van der Waals surface area contributed by atoms with Gasteiger partial charge in [-0.25, -0.2) is 0 Å². The molecule has 1 aromatic rings. The van der Waals surface area contributed by atoms with Crippen molar-refractivity contribution in [2.24, 2.45) is 0 Å². The van der Waals surface area contributed by atoms with Gasteiger partial charge in [0, 0.05) is 0 Å². The van der Waals surface area contributed by atoms with E-state index < -0.39 is 42.6 Å². The number of ether oxygens (including phenoxy) is 1. The van der Waals surface area contributed by atoms with Crippen molar-refractivity contribution in [3.8, 4) is 5.75 Å². The number of aliphatic hydroxyl groups excluding tert-OH is 5. The Labute approximate surface area is 131 Å². The molecule has 0 amide bonds. The van der Waals surface area contributed by atoms with Gasteiger partial charge in [-0.05, 0) is 23.8 Å². The molecule has 0 bridgehead atoms. The van der Waals surface area contributed by atoms with Crippen LogP contribution in [0.25, 0.3) is 6.08 Å². The molecule has 0 spiro atoms. The third-order valence-corrected chi connectivity index (χ3v) is 3.56. The zero-order valence-corrected chi connectivity index (χ0v) is 11.9. The average Bonchev–Trinajstić information content (AvgIpc) is 2.54. The summed E-state index contributed by atoms with van der Waals surface area (Å²) in [6.45, 7) is 0. The molecule has 8 nitrogen and oxygen atoms in total. The first kappa shape index (κ1) is 17.5. The molecule has 1 saturated heterocycles. The van der Waals surface area contributed by atoms with Crippen LogP contribution in [0, 0.1) is 0 Å². The summed E-state index contributed by atoms with van der Waals surface area (Å²) in [5, 5.41) is 57.1. The highest BCUT2D eigenvalue weighted by Crippen LogP contribution is 2.23. The fraction of sp³-hybridized carbons (Fsp3) is 0.400. The summed E-state index contributed by atoms with van der Waals surface area (Å²) in [5.41, 5.74) is 0.587. The summed E-state index contributed by atoms with van der Waals surface area (Å²) in [6.07, 6.45) is -8.08. The Morgan fingerprint density at radius 1 is 1.04 bits per heavy atom. The van der Waals surface area contributed by atoms with E-state index in [1.807, 2.05) is 0 Å². The van der Waals surface area contributed by atoms with Crippen LogP contribution in [-0.2, 0) is 9.53 Å². The number of phenols is 1. The summed E-state index contributed by atoms with van der Waals surface area (Å²) in [5.74, 6) is -0.758. The lowest BCUT2D eigenvalue weighted by Crippen LogP contribution is -2.61. The highest BCUT2D eigenvalue weighted by atomic mass is 16.6. The number of aliphatic hydroxyl groups is 5. The second kappa shape index (κ2) is 7.18. The summed E-state index contributed by atoms with van der Waals surface area (Å²) in [6, 6.07) is 5.92. The maximum absolute atomic E-state index is 11.9. The Morgan fingerprint density at radius 2 is 1.65 bits per heavy atom. The van der Waals surface area contributed by atoms with E-state index in [1.54, 1.807) is 12.1 Å².